The number of carbonyl (C=O) groups excluding carboxylic acids is 2. The van der Waals surface area contributed by atoms with E-state index in [4.69, 9.17) is 0 Å². The molecule has 2 saturated heterocycles. The first kappa shape index (κ1) is 22.0. The molecule has 1 aromatic rings. The molecule has 160 valence electrons. The second-order valence-electron chi connectivity index (χ2n) is 8.15. The Balaban J connectivity index is 1.49. The summed E-state index contributed by atoms with van der Waals surface area (Å²) in [4.78, 5) is 31.8. The van der Waals surface area contributed by atoms with Gasteiger partial charge in [-0.2, -0.15) is 11.8 Å². The summed E-state index contributed by atoms with van der Waals surface area (Å²) >= 11 is 1.69. The third-order valence-corrected chi connectivity index (χ3v) is 6.50. The minimum absolute atomic E-state index is 0.0244. The van der Waals surface area contributed by atoms with Crippen LogP contribution in [-0.2, 0) is 9.59 Å². The first-order valence-corrected chi connectivity index (χ1v) is 12.0. The number of thioether (sulfide) groups is 1. The summed E-state index contributed by atoms with van der Waals surface area (Å²) in [5.74, 6) is 1.28. The average Bonchev–Trinajstić information content (AvgIpc) is 2.93. The van der Waals surface area contributed by atoms with Crippen molar-refractivity contribution >= 4 is 29.3 Å². The molecule has 2 amide bonds. The van der Waals surface area contributed by atoms with Crippen LogP contribution >= 0.6 is 11.8 Å². The Morgan fingerprint density at radius 2 is 1.79 bits per heavy atom. The fourth-order valence-corrected chi connectivity index (χ4v) is 4.70. The number of para-hydroxylation sites is 1. The molecule has 29 heavy (non-hydrogen) atoms. The van der Waals surface area contributed by atoms with E-state index in [1.54, 1.807) is 11.8 Å². The molecule has 2 fully saturated rings. The highest BCUT2D eigenvalue weighted by Crippen LogP contribution is 2.21. The van der Waals surface area contributed by atoms with Gasteiger partial charge in [0, 0.05) is 63.2 Å². The number of anilines is 1. The lowest BCUT2D eigenvalue weighted by atomic mass is 9.99. The summed E-state index contributed by atoms with van der Waals surface area (Å²) in [6.45, 7) is 4.91. The SMILES string of the molecule is CSCCC(=O)N[C@H]1CC[C@@H](C(=O)N2CCN(c3ccccc3)CC2)CN(C)C1. The van der Waals surface area contributed by atoms with Gasteiger partial charge in [0.1, 0.15) is 0 Å². The Kier molecular flexibility index (Phi) is 8.24. The highest BCUT2D eigenvalue weighted by molar-refractivity contribution is 7.98. The fraction of sp³-hybridized carbons (Fsp3) is 0.636. The molecule has 0 radical (unpaired) electrons. The zero-order valence-electron chi connectivity index (χ0n) is 17.7. The predicted octanol–water partition coefficient (Wildman–Crippen LogP) is 1.91. The molecule has 0 unspecified atom stereocenters. The van der Waals surface area contributed by atoms with Gasteiger partial charge in [0.15, 0.2) is 0 Å². The Morgan fingerprint density at radius 1 is 1.07 bits per heavy atom. The lowest BCUT2D eigenvalue weighted by molar-refractivity contribution is -0.136. The molecule has 1 aromatic carbocycles. The van der Waals surface area contributed by atoms with Gasteiger partial charge >= 0.3 is 0 Å². The first-order valence-electron chi connectivity index (χ1n) is 10.6. The topological polar surface area (TPSA) is 55.9 Å². The number of rotatable bonds is 6. The number of likely N-dealkylation sites (N-methyl/N-ethyl adjacent to an activating group) is 1. The van der Waals surface area contributed by atoms with Crippen LogP contribution in [0, 0.1) is 5.92 Å². The van der Waals surface area contributed by atoms with Crippen LogP contribution in [0.1, 0.15) is 19.3 Å². The Bertz CT molecular complexity index is 664. The third kappa shape index (κ3) is 6.37. The number of likely N-dealkylation sites (tertiary alicyclic amines) is 1. The lowest BCUT2D eigenvalue weighted by Crippen LogP contribution is -2.51. The van der Waals surface area contributed by atoms with Crippen LogP contribution < -0.4 is 10.2 Å². The van der Waals surface area contributed by atoms with E-state index >= 15 is 0 Å². The normalized spacial score (nSPS) is 23.5. The van der Waals surface area contributed by atoms with Gasteiger partial charge in [-0.15, -0.1) is 0 Å². The van der Waals surface area contributed by atoms with E-state index in [0.717, 1.165) is 57.9 Å². The molecule has 1 N–H and O–H groups in total. The van der Waals surface area contributed by atoms with Gasteiger partial charge in [0.2, 0.25) is 11.8 Å². The van der Waals surface area contributed by atoms with Crippen molar-refractivity contribution in [3.63, 3.8) is 0 Å². The Hall–Kier alpha value is -1.73. The van der Waals surface area contributed by atoms with Crippen LogP contribution in [0.25, 0.3) is 0 Å². The van der Waals surface area contributed by atoms with Gasteiger partial charge in [-0.1, -0.05) is 18.2 Å². The number of benzene rings is 1. The van der Waals surface area contributed by atoms with E-state index < -0.39 is 0 Å². The summed E-state index contributed by atoms with van der Waals surface area (Å²) in [6, 6.07) is 10.6. The van der Waals surface area contributed by atoms with Gasteiger partial charge in [-0.3, -0.25) is 9.59 Å². The van der Waals surface area contributed by atoms with E-state index in [9.17, 15) is 9.59 Å². The van der Waals surface area contributed by atoms with E-state index in [1.807, 2.05) is 17.2 Å². The van der Waals surface area contributed by atoms with Crippen molar-refractivity contribution in [1.29, 1.82) is 0 Å². The molecule has 0 saturated carbocycles. The van der Waals surface area contributed by atoms with Gasteiger partial charge in [-0.05, 0) is 38.3 Å². The molecule has 0 aromatic heterocycles. The van der Waals surface area contributed by atoms with Gasteiger partial charge < -0.3 is 20.0 Å². The maximum absolute atomic E-state index is 13.2. The molecular formula is C22H34N4O2S. The summed E-state index contributed by atoms with van der Waals surface area (Å²) in [5.41, 5.74) is 1.23. The molecule has 0 spiro atoms. The second kappa shape index (κ2) is 10.9. The summed E-state index contributed by atoms with van der Waals surface area (Å²) < 4.78 is 0. The number of nitrogens with one attached hydrogen (secondary N) is 1. The molecule has 2 heterocycles. The zero-order valence-corrected chi connectivity index (χ0v) is 18.5. The van der Waals surface area contributed by atoms with E-state index in [2.05, 4.69) is 46.4 Å². The van der Waals surface area contributed by atoms with Gasteiger partial charge in [-0.25, -0.2) is 0 Å². The van der Waals surface area contributed by atoms with E-state index in [-0.39, 0.29) is 23.8 Å². The summed E-state index contributed by atoms with van der Waals surface area (Å²) in [5, 5.41) is 3.16. The highest BCUT2D eigenvalue weighted by Gasteiger charge is 2.31. The number of nitrogens with zero attached hydrogens (tertiary/aromatic N) is 3. The van der Waals surface area contributed by atoms with Crippen LogP contribution in [0.4, 0.5) is 5.69 Å². The molecule has 2 atom stereocenters. The number of hydrogen-bond acceptors (Lipinski definition) is 5. The van der Waals surface area contributed by atoms with Crippen molar-refractivity contribution in [2.75, 3.05) is 63.2 Å². The molecule has 0 aliphatic carbocycles. The second-order valence-corrected chi connectivity index (χ2v) is 9.14. The van der Waals surface area contributed by atoms with Crippen LogP contribution in [0.3, 0.4) is 0 Å². The van der Waals surface area contributed by atoms with Crippen molar-refractivity contribution in [2.24, 2.45) is 5.92 Å². The van der Waals surface area contributed by atoms with Crippen molar-refractivity contribution in [2.45, 2.75) is 25.3 Å². The van der Waals surface area contributed by atoms with Crippen LogP contribution in [0.15, 0.2) is 30.3 Å². The Morgan fingerprint density at radius 3 is 2.48 bits per heavy atom. The molecular weight excluding hydrogens is 384 g/mol. The largest absolute Gasteiger partial charge is 0.368 e. The molecule has 7 heteroatoms. The van der Waals surface area contributed by atoms with Crippen molar-refractivity contribution in [3.8, 4) is 0 Å². The van der Waals surface area contributed by atoms with E-state index in [1.165, 1.54) is 5.69 Å². The van der Waals surface area contributed by atoms with Crippen molar-refractivity contribution < 1.29 is 9.59 Å². The minimum atomic E-state index is 0.0244. The van der Waals surface area contributed by atoms with Crippen LogP contribution in [0.5, 0.6) is 0 Å². The van der Waals surface area contributed by atoms with Crippen molar-refractivity contribution in [1.82, 2.24) is 15.1 Å². The predicted molar refractivity (Wildman–Crippen MR) is 120 cm³/mol. The maximum Gasteiger partial charge on any atom is 0.227 e. The quantitative estimate of drug-likeness (QED) is 0.765. The molecule has 2 aliphatic rings. The average molecular weight is 419 g/mol. The fourth-order valence-electron chi connectivity index (χ4n) is 4.31. The lowest BCUT2D eigenvalue weighted by Gasteiger charge is -2.37. The van der Waals surface area contributed by atoms with E-state index in [0.29, 0.717) is 6.42 Å². The maximum atomic E-state index is 13.2. The molecule has 0 bridgehead atoms. The number of carbonyl (C=O) groups is 2. The Labute approximate surface area is 179 Å². The zero-order chi connectivity index (χ0) is 20.6. The summed E-state index contributed by atoms with van der Waals surface area (Å²) in [7, 11) is 2.06. The van der Waals surface area contributed by atoms with Crippen molar-refractivity contribution in [3.05, 3.63) is 30.3 Å². The monoisotopic (exact) mass is 418 g/mol. The van der Waals surface area contributed by atoms with Crippen LogP contribution in [0.2, 0.25) is 0 Å². The summed E-state index contributed by atoms with van der Waals surface area (Å²) in [6.07, 6.45) is 4.29. The highest BCUT2D eigenvalue weighted by atomic mass is 32.2. The number of piperazine rings is 1. The van der Waals surface area contributed by atoms with Gasteiger partial charge in [0.05, 0.1) is 5.92 Å². The molecule has 6 nitrogen and oxygen atoms in total. The smallest absolute Gasteiger partial charge is 0.227 e. The third-order valence-electron chi connectivity index (χ3n) is 5.89. The standard InChI is InChI=1S/C22H34N4O2S/c1-24-16-18(8-9-19(17-24)23-21(27)10-15-29-2)22(28)26-13-11-25(12-14-26)20-6-4-3-5-7-20/h3-7,18-19H,8-17H2,1-2H3,(H,23,27)/t18-,19+/m1/s1. The number of amides is 2. The molecule has 2 aliphatic heterocycles. The first-order chi connectivity index (χ1) is 14.1. The number of hydrogen-bond donors (Lipinski definition) is 1. The van der Waals surface area contributed by atoms with Crippen LogP contribution in [-0.4, -0.2) is 86.0 Å². The molecule has 3 rings (SSSR count). The minimum Gasteiger partial charge on any atom is -0.368 e. The van der Waals surface area contributed by atoms with Gasteiger partial charge in [0.25, 0.3) is 0 Å².